The zero-order valence-electron chi connectivity index (χ0n) is 10.6. The normalized spacial score (nSPS) is 29.7. The second-order valence-corrected chi connectivity index (χ2v) is 5.16. The molecule has 1 aliphatic carbocycles. The van der Waals surface area contributed by atoms with E-state index in [0.29, 0.717) is 12.1 Å². The van der Waals surface area contributed by atoms with Gasteiger partial charge >= 0.3 is 0 Å². The summed E-state index contributed by atoms with van der Waals surface area (Å²) in [5, 5.41) is 9.84. The Kier molecular flexibility index (Phi) is 2.66. The number of rotatable bonds is 1. The largest absolute Gasteiger partial charge is 0.506 e. The van der Waals surface area contributed by atoms with E-state index in [1.807, 2.05) is 19.1 Å². The summed E-state index contributed by atoms with van der Waals surface area (Å²) in [6.07, 6.45) is 4.55. The quantitative estimate of drug-likeness (QED) is 0.619. The number of phenolic OH excluding ortho intramolecular Hbond substituents is 1. The van der Waals surface area contributed by atoms with Gasteiger partial charge in [-0.15, -0.1) is 0 Å². The molecule has 3 rings (SSSR count). The van der Waals surface area contributed by atoms with Gasteiger partial charge in [0.05, 0.1) is 17.5 Å². The number of phenols is 1. The topological polar surface area (TPSA) is 57.6 Å². The van der Waals surface area contributed by atoms with E-state index in [4.69, 9.17) is 0 Å². The molecule has 1 aromatic carbocycles. The molecule has 0 saturated carbocycles. The monoisotopic (exact) mass is 257 g/mol. The second kappa shape index (κ2) is 4.23. The van der Waals surface area contributed by atoms with Crippen LogP contribution in [0.5, 0.6) is 5.75 Å². The number of para-hydroxylation sites is 2. The van der Waals surface area contributed by atoms with Crippen molar-refractivity contribution in [1.82, 2.24) is 0 Å². The lowest BCUT2D eigenvalue weighted by atomic mass is 9.78. The van der Waals surface area contributed by atoms with Crippen molar-refractivity contribution in [2.45, 2.75) is 13.3 Å². The van der Waals surface area contributed by atoms with Gasteiger partial charge in [-0.2, -0.15) is 0 Å². The van der Waals surface area contributed by atoms with Crippen molar-refractivity contribution in [2.24, 2.45) is 17.8 Å². The summed E-state index contributed by atoms with van der Waals surface area (Å²) >= 11 is 0. The Balaban J connectivity index is 2.04. The fourth-order valence-corrected chi connectivity index (χ4v) is 3.04. The van der Waals surface area contributed by atoms with Gasteiger partial charge in [-0.3, -0.25) is 9.59 Å². The first-order valence-electron chi connectivity index (χ1n) is 6.43. The molecule has 0 unspecified atom stereocenters. The van der Waals surface area contributed by atoms with E-state index in [2.05, 4.69) is 0 Å². The number of amides is 2. The van der Waals surface area contributed by atoms with Gasteiger partial charge in [0.2, 0.25) is 11.8 Å². The number of allylic oxidation sites excluding steroid dienone is 2. The standard InChI is InChI=1S/C15H15NO3/c1-9-5-4-6-10-13(9)15(19)16(14(10)18)11-7-2-3-8-12(11)17/h2-5,7-10,13,17H,6H2,1H3/t9-,10+,13-/m1/s1. The lowest BCUT2D eigenvalue weighted by Gasteiger charge is -2.22. The van der Waals surface area contributed by atoms with Crippen LogP contribution in [0.1, 0.15) is 13.3 Å². The van der Waals surface area contributed by atoms with Gasteiger partial charge in [0.1, 0.15) is 5.75 Å². The third-order valence-electron chi connectivity index (χ3n) is 4.00. The molecule has 1 aliphatic heterocycles. The minimum absolute atomic E-state index is 0.0385. The zero-order valence-corrected chi connectivity index (χ0v) is 10.6. The van der Waals surface area contributed by atoms with Crippen LogP contribution in [0.4, 0.5) is 5.69 Å². The average molecular weight is 257 g/mol. The molecule has 0 aromatic heterocycles. The van der Waals surface area contributed by atoms with Crippen LogP contribution >= 0.6 is 0 Å². The third kappa shape index (κ3) is 1.67. The van der Waals surface area contributed by atoms with E-state index in [-0.39, 0.29) is 35.3 Å². The molecule has 0 radical (unpaired) electrons. The summed E-state index contributed by atoms with van der Waals surface area (Å²) < 4.78 is 0. The Morgan fingerprint density at radius 3 is 2.63 bits per heavy atom. The van der Waals surface area contributed by atoms with Crippen molar-refractivity contribution in [3.05, 3.63) is 36.4 Å². The number of nitrogens with zero attached hydrogens (tertiary/aromatic N) is 1. The van der Waals surface area contributed by atoms with Gasteiger partial charge in [0.25, 0.3) is 0 Å². The van der Waals surface area contributed by atoms with E-state index >= 15 is 0 Å². The maximum absolute atomic E-state index is 12.5. The maximum Gasteiger partial charge on any atom is 0.238 e. The average Bonchev–Trinajstić information content (AvgIpc) is 2.64. The van der Waals surface area contributed by atoms with E-state index in [0.717, 1.165) is 4.90 Å². The second-order valence-electron chi connectivity index (χ2n) is 5.16. The number of aromatic hydroxyl groups is 1. The Morgan fingerprint density at radius 1 is 1.21 bits per heavy atom. The Bertz CT molecular complexity index is 579. The minimum Gasteiger partial charge on any atom is -0.506 e. The maximum atomic E-state index is 12.5. The van der Waals surface area contributed by atoms with Crippen molar-refractivity contribution in [3.8, 4) is 5.75 Å². The molecule has 2 aliphatic rings. The van der Waals surface area contributed by atoms with Gasteiger partial charge in [0.15, 0.2) is 0 Å². The van der Waals surface area contributed by atoms with E-state index < -0.39 is 0 Å². The molecule has 1 fully saturated rings. The third-order valence-corrected chi connectivity index (χ3v) is 4.00. The molecule has 3 atom stereocenters. The summed E-state index contributed by atoms with van der Waals surface area (Å²) in [5.74, 6) is -0.959. The number of benzene rings is 1. The Morgan fingerprint density at radius 2 is 1.95 bits per heavy atom. The van der Waals surface area contributed by atoms with Crippen LogP contribution in [0.15, 0.2) is 36.4 Å². The molecule has 98 valence electrons. The van der Waals surface area contributed by atoms with Gasteiger partial charge in [-0.1, -0.05) is 31.2 Å². The molecule has 0 bridgehead atoms. The molecule has 1 heterocycles. The van der Waals surface area contributed by atoms with Crippen LogP contribution in [0.25, 0.3) is 0 Å². The number of hydrogen-bond donors (Lipinski definition) is 1. The number of carbonyl (C=O) groups is 2. The molecule has 4 heteroatoms. The Hall–Kier alpha value is -2.10. The molecule has 1 aromatic rings. The summed E-state index contributed by atoms with van der Waals surface area (Å²) in [6.45, 7) is 1.95. The summed E-state index contributed by atoms with van der Waals surface area (Å²) in [5.41, 5.74) is 0.291. The summed E-state index contributed by atoms with van der Waals surface area (Å²) in [7, 11) is 0. The molecule has 2 amide bonds. The van der Waals surface area contributed by atoms with E-state index in [1.54, 1.807) is 18.2 Å². The van der Waals surface area contributed by atoms with E-state index in [1.165, 1.54) is 6.07 Å². The predicted octanol–water partition coefficient (Wildman–Crippen LogP) is 2.09. The highest BCUT2D eigenvalue weighted by molar-refractivity contribution is 6.22. The first-order chi connectivity index (χ1) is 9.11. The SMILES string of the molecule is C[C@@H]1C=CC[C@@H]2C(=O)N(c3ccccc3O)C(=O)[C@H]12. The molecule has 0 spiro atoms. The minimum atomic E-state index is -0.294. The highest BCUT2D eigenvalue weighted by Gasteiger charge is 2.50. The lowest BCUT2D eigenvalue weighted by molar-refractivity contribution is -0.122. The van der Waals surface area contributed by atoms with Crippen LogP contribution in [0, 0.1) is 17.8 Å². The first-order valence-corrected chi connectivity index (χ1v) is 6.43. The van der Waals surface area contributed by atoms with Gasteiger partial charge in [-0.05, 0) is 24.5 Å². The van der Waals surface area contributed by atoms with Crippen LogP contribution in [-0.2, 0) is 9.59 Å². The molecule has 1 N–H and O–H groups in total. The van der Waals surface area contributed by atoms with Crippen LogP contribution in [0.3, 0.4) is 0 Å². The molecule has 1 saturated heterocycles. The molecule has 19 heavy (non-hydrogen) atoms. The molecular formula is C15H15NO3. The number of fused-ring (bicyclic) bond motifs is 1. The smallest absolute Gasteiger partial charge is 0.238 e. The first kappa shape index (κ1) is 12.0. The van der Waals surface area contributed by atoms with Crippen LogP contribution < -0.4 is 4.90 Å². The highest BCUT2D eigenvalue weighted by atomic mass is 16.3. The number of anilines is 1. The van der Waals surface area contributed by atoms with Crippen molar-refractivity contribution in [3.63, 3.8) is 0 Å². The zero-order chi connectivity index (χ0) is 13.6. The van der Waals surface area contributed by atoms with Crippen molar-refractivity contribution < 1.29 is 14.7 Å². The van der Waals surface area contributed by atoms with E-state index in [9.17, 15) is 14.7 Å². The van der Waals surface area contributed by atoms with Crippen LogP contribution in [0.2, 0.25) is 0 Å². The number of imide groups is 1. The molecule has 4 nitrogen and oxygen atoms in total. The molecular weight excluding hydrogens is 242 g/mol. The van der Waals surface area contributed by atoms with Crippen molar-refractivity contribution in [2.75, 3.05) is 4.90 Å². The van der Waals surface area contributed by atoms with Crippen molar-refractivity contribution in [1.29, 1.82) is 0 Å². The predicted molar refractivity (Wildman–Crippen MR) is 70.5 cm³/mol. The van der Waals surface area contributed by atoms with Gasteiger partial charge in [0, 0.05) is 0 Å². The fourth-order valence-electron chi connectivity index (χ4n) is 3.04. The summed E-state index contributed by atoms with van der Waals surface area (Å²) in [6, 6.07) is 6.46. The highest BCUT2D eigenvalue weighted by Crippen LogP contribution is 2.42. The fraction of sp³-hybridized carbons (Fsp3) is 0.333. The number of carbonyl (C=O) groups excluding carboxylic acids is 2. The summed E-state index contributed by atoms with van der Waals surface area (Å²) in [4.78, 5) is 26.0. The van der Waals surface area contributed by atoms with Gasteiger partial charge in [-0.25, -0.2) is 4.90 Å². The van der Waals surface area contributed by atoms with Crippen LogP contribution in [-0.4, -0.2) is 16.9 Å². The van der Waals surface area contributed by atoms with Gasteiger partial charge < -0.3 is 5.11 Å². The lowest BCUT2D eigenvalue weighted by Crippen LogP contribution is -2.31. The van der Waals surface area contributed by atoms with Crippen molar-refractivity contribution >= 4 is 17.5 Å². The Labute approximate surface area is 111 Å². The number of hydrogen-bond acceptors (Lipinski definition) is 3.